The second-order valence-electron chi connectivity index (χ2n) is 5.10. The van der Waals surface area contributed by atoms with E-state index in [0.29, 0.717) is 0 Å². The molecule has 0 radical (unpaired) electrons. The van der Waals surface area contributed by atoms with Crippen LogP contribution in [0.5, 0.6) is 0 Å². The summed E-state index contributed by atoms with van der Waals surface area (Å²) in [5.74, 6) is -0.496. The van der Waals surface area contributed by atoms with Crippen molar-refractivity contribution in [2.24, 2.45) is 0 Å². The van der Waals surface area contributed by atoms with Gasteiger partial charge >= 0.3 is 0 Å². The van der Waals surface area contributed by atoms with Crippen molar-refractivity contribution in [3.05, 3.63) is 34.1 Å². The van der Waals surface area contributed by atoms with Crippen molar-refractivity contribution >= 4 is 11.4 Å². The van der Waals surface area contributed by atoms with Crippen LogP contribution in [0.25, 0.3) is 0 Å². The molecule has 110 valence electrons. The Balaban J connectivity index is 2.36. The molecule has 1 aromatic rings. The third kappa shape index (κ3) is 3.25. The lowest BCUT2D eigenvalue weighted by Crippen LogP contribution is -2.39. The molecule has 1 aromatic carbocycles. The number of aliphatic hydroxyl groups is 1. The standard InChI is InChI=1S/C14H19FN2O3/c15-11-6-7-13(17(19)20)14(10-11)16(8-9-18)12-4-2-1-3-5-12/h6-7,10,12,18H,1-5,8-9H2. The van der Waals surface area contributed by atoms with Crippen LogP contribution in [-0.2, 0) is 0 Å². The van der Waals surface area contributed by atoms with E-state index in [9.17, 15) is 19.6 Å². The average molecular weight is 282 g/mol. The van der Waals surface area contributed by atoms with Crippen LogP contribution < -0.4 is 4.90 Å². The molecule has 0 amide bonds. The van der Waals surface area contributed by atoms with Gasteiger partial charge in [-0.1, -0.05) is 19.3 Å². The lowest BCUT2D eigenvalue weighted by molar-refractivity contribution is -0.384. The first kappa shape index (κ1) is 14.7. The van der Waals surface area contributed by atoms with Gasteiger partial charge in [0.2, 0.25) is 0 Å². The van der Waals surface area contributed by atoms with Crippen molar-refractivity contribution in [2.45, 2.75) is 38.1 Å². The highest BCUT2D eigenvalue weighted by molar-refractivity contribution is 5.64. The van der Waals surface area contributed by atoms with E-state index < -0.39 is 10.7 Å². The Morgan fingerprint density at radius 2 is 2.05 bits per heavy atom. The van der Waals surface area contributed by atoms with E-state index >= 15 is 0 Å². The molecular formula is C14H19FN2O3. The van der Waals surface area contributed by atoms with Crippen molar-refractivity contribution in [1.29, 1.82) is 0 Å². The molecule has 0 atom stereocenters. The molecule has 0 unspecified atom stereocenters. The summed E-state index contributed by atoms with van der Waals surface area (Å²) in [6.45, 7) is 0.180. The second kappa shape index (κ2) is 6.65. The first-order valence-electron chi connectivity index (χ1n) is 6.95. The fourth-order valence-electron chi connectivity index (χ4n) is 2.88. The fourth-order valence-corrected chi connectivity index (χ4v) is 2.88. The number of nitro groups is 1. The van der Waals surface area contributed by atoms with Crippen molar-refractivity contribution in [2.75, 3.05) is 18.1 Å². The maximum absolute atomic E-state index is 13.5. The molecule has 0 bridgehead atoms. The van der Waals surface area contributed by atoms with Crippen LogP contribution in [0, 0.1) is 15.9 Å². The number of nitrogens with zero attached hydrogens (tertiary/aromatic N) is 2. The summed E-state index contributed by atoms with van der Waals surface area (Å²) in [6, 6.07) is 3.62. The quantitative estimate of drug-likeness (QED) is 0.666. The van der Waals surface area contributed by atoms with Crippen LogP contribution in [0.1, 0.15) is 32.1 Å². The van der Waals surface area contributed by atoms with Gasteiger partial charge in [-0.2, -0.15) is 0 Å². The molecule has 1 fully saturated rings. The van der Waals surface area contributed by atoms with Crippen molar-refractivity contribution in [3.63, 3.8) is 0 Å². The van der Waals surface area contributed by atoms with E-state index in [4.69, 9.17) is 0 Å². The van der Waals surface area contributed by atoms with E-state index in [2.05, 4.69) is 0 Å². The monoisotopic (exact) mass is 282 g/mol. The predicted molar refractivity (Wildman–Crippen MR) is 74.4 cm³/mol. The highest BCUT2D eigenvalue weighted by atomic mass is 19.1. The summed E-state index contributed by atoms with van der Waals surface area (Å²) >= 11 is 0. The summed E-state index contributed by atoms with van der Waals surface area (Å²) in [6.07, 6.45) is 5.14. The van der Waals surface area contributed by atoms with Gasteiger partial charge in [0.25, 0.3) is 5.69 Å². The third-order valence-corrected chi connectivity index (χ3v) is 3.80. The third-order valence-electron chi connectivity index (χ3n) is 3.80. The molecule has 1 aliphatic carbocycles. The lowest BCUT2D eigenvalue weighted by Gasteiger charge is -2.35. The van der Waals surface area contributed by atoms with Gasteiger partial charge in [-0.3, -0.25) is 10.1 Å². The van der Waals surface area contributed by atoms with Crippen LogP contribution >= 0.6 is 0 Å². The summed E-state index contributed by atoms with van der Waals surface area (Å²) in [7, 11) is 0. The zero-order valence-corrected chi connectivity index (χ0v) is 11.3. The van der Waals surface area contributed by atoms with Crippen LogP contribution in [0.4, 0.5) is 15.8 Å². The smallest absolute Gasteiger partial charge is 0.292 e. The molecule has 0 aliphatic heterocycles. The van der Waals surface area contributed by atoms with E-state index in [1.54, 1.807) is 4.90 Å². The largest absolute Gasteiger partial charge is 0.395 e. The molecule has 1 aliphatic rings. The number of anilines is 1. The van der Waals surface area contributed by atoms with Gasteiger partial charge < -0.3 is 10.0 Å². The number of rotatable bonds is 5. The molecule has 0 spiro atoms. The van der Waals surface area contributed by atoms with Crippen LogP contribution in [0.2, 0.25) is 0 Å². The number of hydrogen-bond acceptors (Lipinski definition) is 4. The summed E-state index contributed by atoms with van der Waals surface area (Å²) in [4.78, 5) is 12.4. The average Bonchev–Trinajstić information content (AvgIpc) is 2.45. The molecule has 5 nitrogen and oxygen atoms in total. The predicted octanol–water partition coefficient (Wildman–Crippen LogP) is 2.87. The fraction of sp³-hybridized carbons (Fsp3) is 0.571. The highest BCUT2D eigenvalue weighted by Crippen LogP contribution is 2.34. The molecule has 1 saturated carbocycles. The van der Waals surface area contributed by atoms with Crippen molar-refractivity contribution in [1.82, 2.24) is 0 Å². The Labute approximate surface area is 117 Å². The SMILES string of the molecule is O=[N+]([O-])c1ccc(F)cc1N(CCO)C1CCCCC1. The minimum Gasteiger partial charge on any atom is -0.395 e. The Morgan fingerprint density at radius 1 is 1.35 bits per heavy atom. The number of nitro benzene ring substituents is 1. The maximum atomic E-state index is 13.5. The molecule has 0 heterocycles. The molecule has 0 saturated heterocycles. The number of halogens is 1. The Bertz CT molecular complexity index is 475. The van der Waals surface area contributed by atoms with Gasteiger partial charge in [0.05, 0.1) is 11.5 Å². The normalized spacial score (nSPS) is 16.1. The topological polar surface area (TPSA) is 66.6 Å². The van der Waals surface area contributed by atoms with Gasteiger partial charge in [0, 0.05) is 24.7 Å². The Kier molecular flexibility index (Phi) is 4.89. The van der Waals surface area contributed by atoms with Crippen LogP contribution in [-0.4, -0.2) is 29.2 Å². The number of aliphatic hydroxyl groups excluding tert-OH is 1. The van der Waals surface area contributed by atoms with E-state index in [1.165, 1.54) is 12.1 Å². The summed E-state index contributed by atoms with van der Waals surface area (Å²) < 4.78 is 13.5. The second-order valence-corrected chi connectivity index (χ2v) is 5.10. The van der Waals surface area contributed by atoms with Gasteiger partial charge in [-0.25, -0.2) is 4.39 Å². The minimum atomic E-state index is -0.498. The van der Waals surface area contributed by atoms with E-state index in [-0.39, 0.29) is 30.6 Å². The number of hydrogen-bond donors (Lipinski definition) is 1. The van der Waals surface area contributed by atoms with Gasteiger partial charge in [0.15, 0.2) is 0 Å². The molecular weight excluding hydrogens is 263 g/mol. The molecule has 1 N–H and O–H groups in total. The number of benzene rings is 1. The zero-order valence-electron chi connectivity index (χ0n) is 11.3. The van der Waals surface area contributed by atoms with E-state index in [0.717, 1.165) is 38.2 Å². The van der Waals surface area contributed by atoms with E-state index in [1.807, 2.05) is 0 Å². The summed E-state index contributed by atoms with van der Waals surface area (Å²) in [5, 5.41) is 20.3. The van der Waals surface area contributed by atoms with Gasteiger partial charge in [-0.15, -0.1) is 0 Å². The van der Waals surface area contributed by atoms with Crippen molar-refractivity contribution < 1.29 is 14.4 Å². The Hall–Kier alpha value is -1.69. The maximum Gasteiger partial charge on any atom is 0.292 e. The molecule has 20 heavy (non-hydrogen) atoms. The van der Waals surface area contributed by atoms with Gasteiger partial charge in [-0.05, 0) is 18.9 Å². The summed E-state index contributed by atoms with van der Waals surface area (Å²) in [5.41, 5.74) is 0.168. The Morgan fingerprint density at radius 3 is 2.65 bits per heavy atom. The van der Waals surface area contributed by atoms with Crippen LogP contribution in [0.15, 0.2) is 18.2 Å². The molecule has 2 rings (SSSR count). The van der Waals surface area contributed by atoms with Gasteiger partial charge in [0.1, 0.15) is 11.5 Å². The van der Waals surface area contributed by atoms with Crippen LogP contribution in [0.3, 0.4) is 0 Å². The zero-order chi connectivity index (χ0) is 14.5. The molecule has 6 heteroatoms. The van der Waals surface area contributed by atoms with Crippen molar-refractivity contribution in [3.8, 4) is 0 Å². The molecule has 0 aromatic heterocycles. The first-order valence-corrected chi connectivity index (χ1v) is 6.95. The highest BCUT2D eigenvalue weighted by Gasteiger charge is 2.27. The lowest BCUT2D eigenvalue weighted by atomic mass is 9.93. The first-order chi connectivity index (χ1) is 9.63. The minimum absolute atomic E-state index is 0.106.